The summed E-state index contributed by atoms with van der Waals surface area (Å²) < 4.78 is 2.36. The Balaban J connectivity index is 1.78. The van der Waals surface area contributed by atoms with Crippen LogP contribution in [0.4, 0.5) is 5.82 Å². The summed E-state index contributed by atoms with van der Waals surface area (Å²) in [6.07, 6.45) is 9.12. The van der Waals surface area contributed by atoms with E-state index in [0.29, 0.717) is 12.0 Å². The first-order chi connectivity index (χ1) is 10.3. The van der Waals surface area contributed by atoms with Crippen LogP contribution in [0.25, 0.3) is 11.3 Å². The van der Waals surface area contributed by atoms with Crippen molar-refractivity contribution in [1.82, 2.24) is 9.55 Å². The van der Waals surface area contributed by atoms with Crippen molar-refractivity contribution < 1.29 is 0 Å². The van der Waals surface area contributed by atoms with Gasteiger partial charge in [0, 0.05) is 17.5 Å². The third-order valence-corrected chi connectivity index (χ3v) is 4.90. The van der Waals surface area contributed by atoms with Gasteiger partial charge in [-0.3, -0.25) is 0 Å². The van der Waals surface area contributed by atoms with Gasteiger partial charge >= 0.3 is 0 Å². The fraction of sp³-hybridized carbons (Fsp3) is 0.500. The smallest absolute Gasteiger partial charge is 0.132 e. The lowest BCUT2D eigenvalue weighted by Gasteiger charge is -2.22. The van der Waals surface area contributed by atoms with Gasteiger partial charge in [-0.2, -0.15) is 0 Å². The van der Waals surface area contributed by atoms with E-state index in [-0.39, 0.29) is 0 Å². The van der Waals surface area contributed by atoms with Gasteiger partial charge in [0.15, 0.2) is 0 Å². The average Bonchev–Trinajstić information content (AvgIpc) is 3.32. The number of benzene rings is 1. The summed E-state index contributed by atoms with van der Waals surface area (Å²) in [5.41, 5.74) is 8.62. The first kappa shape index (κ1) is 12.9. The summed E-state index contributed by atoms with van der Waals surface area (Å²) in [4.78, 5) is 5.00. The number of hydrogen-bond donors (Lipinski definition) is 1. The largest absolute Gasteiger partial charge is 0.383 e. The van der Waals surface area contributed by atoms with Gasteiger partial charge in [0.25, 0.3) is 0 Å². The number of aromatic nitrogens is 2. The molecule has 110 valence electrons. The molecule has 2 aliphatic rings. The Labute approximate surface area is 126 Å². The van der Waals surface area contributed by atoms with Crippen molar-refractivity contribution in [2.24, 2.45) is 0 Å². The maximum absolute atomic E-state index is 6.48. The first-order valence-electron chi connectivity index (χ1n) is 8.27. The average molecular weight is 281 g/mol. The quantitative estimate of drug-likeness (QED) is 0.899. The minimum atomic E-state index is 0.604. The van der Waals surface area contributed by atoms with Crippen LogP contribution < -0.4 is 5.73 Å². The van der Waals surface area contributed by atoms with Crippen molar-refractivity contribution in [3.05, 3.63) is 36.2 Å². The van der Waals surface area contributed by atoms with Crippen LogP contribution in [-0.4, -0.2) is 9.55 Å². The number of nitrogens with zero attached hydrogens (tertiary/aromatic N) is 2. The normalized spacial score (nSPS) is 19.8. The van der Waals surface area contributed by atoms with Crippen LogP contribution in [0.5, 0.6) is 0 Å². The monoisotopic (exact) mass is 281 g/mol. The predicted molar refractivity (Wildman–Crippen MR) is 86.2 cm³/mol. The molecule has 1 aromatic heterocycles. The molecule has 21 heavy (non-hydrogen) atoms. The molecule has 2 saturated carbocycles. The maximum atomic E-state index is 6.48. The molecule has 2 aromatic rings. The lowest BCUT2D eigenvalue weighted by molar-refractivity contribution is 0.416. The van der Waals surface area contributed by atoms with E-state index in [4.69, 9.17) is 10.7 Å². The van der Waals surface area contributed by atoms with Crippen LogP contribution in [-0.2, 0) is 0 Å². The molecule has 1 aromatic carbocycles. The SMILES string of the molecule is Nc1c(-c2ccccc2)nc(C2CCCCC2)n1C1CC1. The van der Waals surface area contributed by atoms with Crippen molar-refractivity contribution in [3.63, 3.8) is 0 Å². The van der Waals surface area contributed by atoms with Gasteiger partial charge in [0.05, 0.1) is 0 Å². The molecule has 0 aliphatic heterocycles. The van der Waals surface area contributed by atoms with Crippen LogP contribution in [0.2, 0.25) is 0 Å². The van der Waals surface area contributed by atoms with Gasteiger partial charge in [-0.1, -0.05) is 49.6 Å². The summed E-state index contributed by atoms with van der Waals surface area (Å²) in [5, 5.41) is 0. The summed E-state index contributed by atoms with van der Waals surface area (Å²) in [7, 11) is 0. The number of hydrogen-bond acceptors (Lipinski definition) is 2. The van der Waals surface area contributed by atoms with Crippen molar-refractivity contribution >= 4 is 5.82 Å². The second-order valence-corrected chi connectivity index (χ2v) is 6.51. The fourth-order valence-corrected chi connectivity index (χ4v) is 3.64. The summed E-state index contributed by atoms with van der Waals surface area (Å²) in [6.45, 7) is 0. The number of rotatable bonds is 3. The van der Waals surface area contributed by atoms with Gasteiger partial charge in [0.1, 0.15) is 17.3 Å². The Bertz CT molecular complexity index is 619. The van der Waals surface area contributed by atoms with E-state index in [9.17, 15) is 0 Å². The van der Waals surface area contributed by atoms with Gasteiger partial charge in [-0.25, -0.2) is 4.98 Å². The van der Waals surface area contributed by atoms with E-state index in [1.807, 2.05) is 6.07 Å². The second kappa shape index (κ2) is 5.21. The zero-order valence-corrected chi connectivity index (χ0v) is 12.5. The third-order valence-electron chi connectivity index (χ3n) is 4.90. The molecular weight excluding hydrogens is 258 g/mol. The number of nitrogen functional groups attached to an aromatic ring is 1. The van der Waals surface area contributed by atoms with E-state index in [1.165, 1.54) is 50.8 Å². The van der Waals surface area contributed by atoms with Gasteiger partial charge in [-0.15, -0.1) is 0 Å². The van der Waals surface area contributed by atoms with Crippen LogP contribution in [0.3, 0.4) is 0 Å². The summed E-state index contributed by atoms with van der Waals surface area (Å²) in [5.74, 6) is 2.75. The lowest BCUT2D eigenvalue weighted by atomic mass is 9.88. The molecule has 2 N–H and O–H groups in total. The number of imidazole rings is 1. The molecule has 2 aliphatic carbocycles. The van der Waals surface area contributed by atoms with Gasteiger partial charge in [0.2, 0.25) is 0 Å². The van der Waals surface area contributed by atoms with Crippen molar-refractivity contribution in [2.45, 2.75) is 56.9 Å². The lowest BCUT2D eigenvalue weighted by Crippen LogP contribution is -2.12. The van der Waals surface area contributed by atoms with E-state index < -0.39 is 0 Å². The molecule has 0 amide bonds. The predicted octanol–water partition coefficient (Wildman–Crippen LogP) is 4.51. The molecule has 2 fully saturated rings. The van der Waals surface area contributed by atoms with Crippen LogP contribution in [0, 0.1) is 0 Å². The molecule has 0 atom stereocenters. The van der Waals surface area contributed by atoms with E-state index in [1.54, 1.807) is 0 Å². The Morgan fingerprint density at radius 3 is 2.33 bits per heavy atom. The Morgan fingerprint density at radius 1 is 0.952 bits per heavy atom. The number of nitrogens with two attached hydrogens (primary N) is 1. The van der Waals surface area contributed by atoms with E-state index >= 15 is 0 Å². The minimum absolute atomic E-state index is 0.604. The minimum Gasteiger partial charge on any atom is -0.383 e. The Kier molecular flexibility index (Phi) is 3.21. The number of anilines is 1. The highest BCUT2D eigenvalue weighted by atomic mass is 15.2. The Hall–Kier alpha value is -1.77. The molecule has 0 spiro atoms. The van der Waals surface area contributed by atoms with Crippen LogP contribution >= 0.6 is 0 Å². The Morgan fingerprint density at radius 2 is 1.67 bits per heavy atom. The molecule has 0 unspecified atom stereocenters. The zero-order chi connectivity index (χ0) is 14.2. The summed E-state index contributed by atoms with van der Waals surface area (Å²) in [6, 6.07) is 11.0. The van der Waals surface area contributed by atoms with Crippen molar-refractivity contribution in [1.29, 1.82) is 0 Å². The highest BCUT2D eigenvalue weighted by molar-refractivity contribution is 5.71. The van der Waals surface area contributed by atoms with Crippen molar-refractivity contribution in [3.8, 4) is 11.3 Å². The van der Waals surface area contributed by atoms with Gasteiger partial charge in [-0.05, 0) is 25.7 Å². The third kappa shape index (κ3) is 2.35. The molecule has 3 nitrogen and oxygen atoms in total. The highest BCUT2D eigenvalue weighted by Gasteiger charge is 2.33. The molecular formula is C18H23N3. The fourth-order valence-electron chi connectivity index (χ4n) is 3.64. The molecule has 0 bridgehead atoms. The molecule has 3 heteroatoms. The topological polar surface area (TPSA) is 43.8 Å². The first-order valence-corrected chi connectivity index (χ1v) is 8.27. The standard InChI is InChI=1S/C18H23N3/c19-17-16(13-7-3-1-4-8-13)20-18(21(17)15-11-12-15)14-9-5-2-6-10-14/h1,3-4,7-8,14-15H,2,5-6,9-12,19H2. The molecule has 1 heterocycles. The highest BCUT2D eigenvalue weighted by Crippen LogP contribution is 2.44. The molecule has 0 saturated heterocycles. The van der Waals surface area contributed by atoms with Crippen molar-refractivity contribution in [2.75, 3.05) is 5.73 Å². The summed E-state index contributed by atoms with van der Waals surface area (Å²) >= 11 is 0. The van der Waals surface area contributed by atoms with E-state index in [2.05, 4.69) is 28.8 Å². The van der Waals surface area contributed by atoms with E-state index in [0.717, 1.165) is 17.1 Å². The zero-order valence-electron chi connectivity index (χ0n) is 12.5. The van der Waals surface area contributed by atoms with Gasteiger partial charge < -0.3 is 10.3 Å². The molecule has 4 rings (SSSR count). The van der Waals surface area contributed by atoms with Crippen LogP contribution in [0.15, 0.2) is 30.3 Å². The molecule has 0 radical (unpaired) electrons. The maximum Gasteiger partial charge on any atom is 0.132 e. The van der Waals surface area contributed by atoms with Crippen LogP contribution in [0.1, 0.15) is 62.7 Å². The second-order valence-electron chi connectivity index (χ2n) is 6.51.